The molecule has 0 radical (unpaired) electrons. The molecule has 10 aromatic carbocycles. The lowest BCUT2D eigenvalue weighted by Gasteiger charge is -2.35. The zero-order valence-corrected chi connectivity index (χ0v) is 38.0. The van der Waals surface area contributed by atoms with Gasteiger partial charge in [-0.25, -0.2) is 0 Å². The quantitative estimate of drug-likeness (QED) is 0.174. The fourth-order valence-electron chi connectivity index (χ4n) is 12.5. The first-order chi connectivity index (χ1) is 33.5. The van der Waals surface area contributed by atoms with Crippen LogP contribution in [0.15, 0.2) is 231 Å². The van der Waals surface area contributed by atoms with E-state index in [1.807, 2.05) is 0 Å². The van der Waals surface area contributed by atoms with Gasteiger partial charge in [0.15, 0.2) is 0 Å². The maximum atomic E-state index is 2.51. The molecule has 68 heavy (non-hydrogen) atoms. The highest BCUT2D eigenvalue weighted by Crippen LogP contribution is 2.60. The lowest BCUT2D eigenvalue weighted by molar-refractivity contribution is 0.660. The molecule has 0 unspecified atom stereocenters. The van der Waals surface area contributed by atoms with E-state index in [2.05, 4.69) is 266 Å². The van der Waals surface area contributed by atoms with E-state index in [0.717, 1.165) is 34.1 Å². The monoisotopic (exact) mass is 866 g/mol. The molecule has 0 saturated heterocycles. The summed E-state index contributed by atoms with van der Waals surface area (Å²) in [4.78, 5) is 4.95. The number of hydrogen-bond acceptors (Lipinski definition) is 2. The molecule has 1 heterocycles. The summed E-state index contributed by atoms with van der Waals surface area (Å²) in [6.45, 7) is 4.76. The highest BCUT2D eigenvalue weighted by atomic mass is 15.2. The predicted molar refractivity (Wildman–Crippen MR) is 284 cm³/mol. The van der Waals surface area contributed by atoms with Crippen LogP contribution in [0.4, 0.5) is 34.1 Å². The highest BCUT2D eigenvalue weighted by molar-refractivity contribution is 6.04. The van der Waals surface area contributed by atoms with Gasteiger partial charge >= 0.3 is 0 Å². The number of hydrogen-bond donors (Lipinski definition) is 0. The van der Waals surface area contributed by atoms with Crippen molar-refractivity contribution < 1.29 is 0 Å². The molecule has 10 aromatic rings. The molecule has 14 rings (SSSR count). The fourth-order valence-corrected chi connectivity index (χ4v) is 12.5. The number of nitrogens with zero attached hydrogens (tertiary/aromatic N) is 2. The van der Waals surface area contributed by atoms with Gasteiger partial charge in [0.1, 0.15) is 0 Å². The third-order valence-corrected chi connectivity index (χ3v) is 15.4. The predicted octanol–water partition coefficient (Wildman–Crippen LogP) is 17.4. The summed E-state index contributed by atoms with van der Waals surface area (Å²) < 4.78 is 0. The average molecular weight is 867 g/mol. The summed E-state index contributed by atoms with van der Waals surface area (Å²) in [5, 5.41) is 0. The summed E-state index contributed by atoms with van der Waals surface area (Å²) in [5.74, 6) is 0. The van der Waals surface area contributed by atoms with Crippen LogP contribution in [0.1, 0.15) is 58.4 Å². The summed E-state index contributed by atoms with van der Waals surface area (Å²) in [5.41, 5.74) is 26.6. The standard InChI is InChI=1S/C66H46N2/c1-65(2)59-29-15-10-24-51(59)53-37-34-48(42-62(53)65)67(47-36-39-64-56(41-47)50-23-9-8-22-49(50)54-26-12-17-31-63(54)68(64)45-20-4-3-5-21-45)46-35-38-61-55(40-46)52-25-11-16-30-60(52)66(61)57-27-13-6-18-43(57)32-33-44-19-7-14-28-58(44)66/h3-42H,1-2H3. The Balaban J connectivity index is 1.03. The average Bonchev–Trinajstić information content (AvgIpc) is 3.68. The van der Waals surface area contributed by atoms with E-state index >= 15 is 0 Å². The minimum Gasteiger partial charge on any atom is -0.310 e. The van der Waals surface area contributed by atoms with E-state index in [-0.39, 0.29) is 5.41 Å². The largest absolute Gasteiger partial charge is 0.310 e. The van der Waals surface area contributed by atoms with E-state index in [1.165, 1.54) is 89.0 Å². The van der Waals surface area contributed by atoms with E-state index in [9.17, 15) is 0 Å². The first-order valence-electron chi connectivity index (χ1n) is 23.8. The smallest absolute Gasteiger partial charge is 0.0725 e. The van der Waals surface area contributed by atoms with E-state index in [4.69, 9.17) is 0 Å². The van der Waals surface area contributed by atoms with Crippen molar-refractivity contribution >= 4 is 46.3 Å². The van der Waals surface area contributed by atoms with Gasteiger partial charge in [-0.05, 0) is 139 Å². The van der Waals surface area contributed by atoms with Gasteiger partial charge in [-0.2, -0.15) is 0 Å². The maximum absolute atomic E-state index is 2.51. The van der Waals surface area contributed by atoms with Gasteiger partial charge in [0.05, 0.1) is 16.8 Å². The molecule has 2 heteroatoms. The van der Waals surface area contributed by atoms with Crippen LogP contribution in [0.3, 0.4) is 0 Å². The topological polar surface area (TPSA) is 6.48 Å². The van der Waals surface area contributed by atoms with Crippen LogP contribution in [-0.4, -0.2) is 0 Å². The van der Waals surface area contributed by atoms with Crippen molar-refractivity contribution in [2.45, 2.75) is 24.7 Å². The normalized spacial score (nSPS) is 14.5. The third kappa shape index (κ3) is 5.34. The Morgan fingerprint density at radius 3 is 1.47 bits per heavy atom. The molecule has 320 valence electrons. The Morgan fingerprint density at radius 2 is 0.765 bits per heavy atom. The molecular weight excluding hydrogens is 821 g/mol. The molecule has 2 nitrogen and oxygen atoms in total. The Bertz CT molecular complexity index is 3690. The number of rotatable bonds is 4. The Labute approximate surface area is 398 Å². The Hall–Kier alpha value is -8.46. The van der Waals surface area contributed by atoms with Crippen LogP contribution < -0.4 is 9.80 Å². The van der Waals surface area contributed by atoms with Crippen molar-refractivity contribution in [3.63, 3.8) is 0 Å². The molecule has 0 bridgehead atoms. The zero-order valence-electron chi connectivity index (χ0n) is 38.0. The van der Waals surface area contributed by atoms with Gasteiger partial charge in [0, 0.05) is 39.3 Å². The maximum Gasteiger partial charge on any atom is 0.0725 e. The van der Waals surface area contributed by atoms with Crippen LogP contribution in [-0.2, 0) is 10.8 Å². The van der Waals surface area contributed by atoms with Crippen LogP contribution >= 0.6 is 0 Å². The molecule has 0 fully saturated rings. The first kappa shape index (κ1) is 38.8. The minimum atomic E-state index is -0.501. The molecule has 0 atom stereocenters. The molecule has 0 amide bonds. The lowest BCUT2D eigenvalue weighted by atomic mass is 9.66. The number of benzene rings is 10. The van der Waals surface area contributed by atoms with E-state index in [0.29, 0.717) is 0 Å². The van der Waals surface area contributed by atoms with Gasteiger partial charge in [-0.3, -0.25) is 0 Å². The van der Waals surface area contributed by atoms with Crippen LogP contribution in [0.5, 0.6) is 0 Å². The van der Waals surface area contributed by atoms with E-state index < -0.39 is 5.41 Å². The number of anilines is 6. The second-order valence-corrected chi connectivity index (χ2v) is 19.2. The second kappa shape index (κ2) is 14.5. The number of fused-ring (bicyclic) bond motifs is 17. The third-order valence-electron chi connectivity index (χ3n) is 15.4. The molecule has 3 aliphatic carbocycles. The van der Waals surface area contributed by atoms with Gasteiger partial charge in [-0.15, -0.1) is 0 Å². The zero-order chi connectivity index (χ0) is 45.1. The van der Waals surface area contributed by atoms with Crippen LogP contribution in [0.2, 0.25) is 0 Å². The molecule has 1 aliphatic heterocycles. The number of para-hydroxylation sites is 2. The van der Waals surface area contributed by atoms with Crippen molar-refractivity contribution in [1.82, 2.24) is 0 Å². The highest BCUT2D eigenvalue weighted by Gasteiger charge is 2.48. The Kier molecular flexibility index (Phi) is 8.28. The molecule has 0 saturated carbocycles. The molecule has 0 aromatic heterocycles. The van der Waals surface area contributed by atoms with Gasteiger partial charge in [-0.1, -0.05) is 196 Å². The van der Waals surface area contributed by atoms with Gasteiger partial charge < -0.3 is 9.80 Å². The second-order valence-electron chi connectivity index (χ2n) is 19.2. The van der Waals surface area contributed by atoms with Crippen LogP contribution in [0, 0.1) is 0 Å². The van der Waals surface area contributed by atoms with Crippen molar-refractivity contribution in [2.24, 2.45) is 0 Å². The van der Waals surface area contributed by atoms with Crippen LogP contribution in [0.25, 0.3) is 56.7 Å². The van der Waals surface area contributed by atoms with Gasteiger partial charge in [0.2, 0.25) is 0 Å². The van der Waals surface area contributed by atoms with E-state index in [1.54, 1.807) is 0 Å². The fraction of sp³-hybridized carbons (Fsp3) is 0.0606. The van der Waals surface area contributed by atoms with Crippen molar-refractivity contribution in [3.05, 3.63) is 275 Å². The minimum absolute atomic E-state index is 0.167. The molecule has 4 aliphatic rings. The first-order valence-corrected chi connectivity index (χ1v) is 23.8. The summed E-state index contributed by atoms with van der Waals surface area (Å²) in [7, 11) is 0. The Morgan fingerprint density at radius 1 is 0.309 bits per heavy atom. The lowest BCUT2D eigenvalue weighted by Crippen LogP contribution is -2.29. The summed E-state index contributed by atoms with van der Waals surface area (Å²) >= 11 is 0. The van der Waals surface area contributed by atoms with Crippen molar-refractivity contribution in [1.29, 1.82) is 0 Å². The molecule has 1 spiro atoms. The molecular formula is C66H46N2. The SMILES string of the molecule is CC1(C)c2ccccc2-c2ccc(N(c3ccc4c(c3)-c3ccccc3-c3ccccc3N4c3ccccc3)c3ccc4c(c3)-c3ccccc3C43c4ccccc4C=Cc4ccccc43)cc21. The van der Waals surface area contributed by atoms with Gasteiger partial charge in [0.25, 0.3) is 0 Å². The van der Waals surface area contributed by atoms with Crippen molar-refractivity contribution in [2.75, 3.05) is 9.80 Å². The molecule has 0 N–H and O–H groups in total. The summed E-state index contributed by atoms with van der Waals surface area (Å²) in [6, 6.07) is 86.3. The summed E-state index contributed by atoms with van der Waals surface area (Å²) in [6.07, 6.45) is 4.61. The van der Waals surface area contributed by atoms with Crippen molar-refractivity contribution in [3.8, 4) is 44.5 Å².